The number of fused-ring (bicyclic) bond motifs is 1. The van der Waals surface area contributed by atoms with Gasteiger partial charge in [-0.05, 0) is 58.7 Å². The summed E-state index contributed by atoms with van der Waals surface area (Å²) in [5, 5.41) is -10.8. The number of hydrogen-bond donors (Lipinski definition) is 1. The second kappa shape index (κ2) is 12.5. The molecule has 0 amide bonds. The van der Waals surface area contributed by atoms with Crippen molar-refractivity contribution in [2.75, 3.05) is 26.1 Å². The molecule has 17 heteroatoms. The van der Waals surface area contributed by atoms with Gasteiger partial charge in [0, 0.05) is 0 Å². The molecule has 42 heavy (non-hydrogen) atoms. The van der Waals surface area contributed by atoms with E-state index in [0.717, 1.165) is 28.5 Å². The monoisotopic (exact) mass is 655 g/mol. The molecule has 0 aliphatic heterocycles. The second-order valence-electron chi connectivity index (χ2n) is 8.76. The largest absolute Gasteiger partial charge is 0.491 e. The fourth-order valence-electron chi connectivity index (χ4n) is 3.41. The summed E-state index contributed by atoms with van der Waals surface area (Å²) in [6, 6.07) is 15.8. The van der Waals surface area contributed by atoms with E-state index in [1.54, 1.807) is 6.08 Å². The lowest BCUT2D eigenvalue weighted by Gasteiger charge is -2.25. The maximum Gasteiger partial charge on any atom is 0.459 e. The highest BCUT2D eigenvalue weighted by Crippen LogP contribution is 2.43. The van der Waals surface area contributed by atoms with Gasteiger partial charge in [0.1, 0.15) is 18.1 Å². The van der Waals surface area contributed by atoms with Gasteiger partial charge >= 0.3 is 20.6 Å². The maximum absolute atomic E-state index is 14.2. The van der Waals surface area contributed by atoms with Gasteiger partial charge in [-0.15, -0.1) is 4.13 Å². The molecule has 10 nitrogen and oxygen atoms in total. The Morgan fingerprint density at radius 3 is 2.00 bits per heavy atom. The minimum Gasteiger partial charge on any atom is -0.491 e. The molecule has 3 aromatic rings. The highest BCUT2D eigenvalue weighted by atomic mass is 32.3. The van der Waals surface area contributed by atoms with Crippen molar-refractivity contribution in [2.45, 2.75) is 16.9 Å². The second-order valence-corrected chi connectivity index (χ2v) is 14.1. The van der Waals surface area contributed by atoms with Gasteiger partial charge in [0.25, 0.3) is 10.0 Å². The normalized spacial score (nSPS) is 13.2. The van der Waals surface area contributed by atoms with Gasteiger partial charge in [-0.25, -0.2) is 16.8 Å². The first-order valence-electron chi connectivity index (χ1n) is 11.8. The molecule has 0 saturated heterocycles. The van der Waals surface area contributed by atoms with Crippen LogP contribution in [0.3, 0.4) is 0 Å². The molecule has 3 rings (SSSR count). The lowest BCUT2D eigenvalue weighted by molar-refractivity contribution is -0.101. The number of halogens is 4. The number of ether oxygens (including phenoxy) is 2. The van der Waals surface area contributed by atoms with E-state index in [4.69, 9.17) is 9.47 Å². The number of benzene rings is 3. The standard InChI is InChI=1S/C25H25F4NO9S3/c1-3-18-4-7-21-17-23(11-8-20(21)16-18)38-15-14-37-13-12-19-5-9-22(10-6-19)39-42(35,36)25(28,29)24(26,27)41(33,34)30-40(2,31)32/h3-11,16-17,30H,1,12-15H2,2H3. The Morgan fingerprint density at radius 1 is 0.786 bits per heavy atom. The summed E-state index contributed by atoms with van der Waals surface area (Å²) >= 11 is 0. The first-order chi connectivity index (χ1) is 19.4. The molecular formula is C25H25F4NO9S3. The molecule has 0 aliphatic rings. The van der Waals surface area contributed by atoms with Gasteiger partial charge in [0.15, 0.2) is 0 Å². The lowest BCUT2D eigenvalue weighted by atomic mass is 10.1. The third-order valence-electron chi connectivity index (χ3n) is 5.48. The molecule has 0 fully saturated rings. The third-order valence-corrected chi connectivity index (χ3v) is 9.93. The van der Waals surface area contributed by atoms with Crippen molar-refractivity contribution in [1.29, 1.82) is 0 Å². The van der Waals surface area contributed by atoms with E-state index < -0.39 is 46.4 Å². The molecule has 0 aromatic heterocycles. The van der Waals surface area contributed by atoms with E-state index in [1.807, 2.05) is 36.4 Å². The topological polar surface area (TPSA) is 142 Å². The molecule has 0 radical (unpaired) electrons. The van der Waals surface area contributed by atoms with Crippen LogP contribution in [0.4, 0.5) is 17.6 Å². The number of rotatable bonds is 15. The van der Waals surface area contributed by atoms with Crippen LogP contribution in [0.1, 0.15) is 11.1 Å². The van der Waals surface area contributed by atoms with E-state index in [2.05, 4.69) is 10.8 Å². The lowest BCUT2D eigenvalue weighted by Crippen LogP contribution is -2.57. The van der Waals surface area contributed by atoms with Crippen molar-refractivity contribution in [3.8, 4) is 11.5 Å². The molecular weight excluding hydrogens is 630 g/mol. The first-order valence-corrected chi connectivity index (χ1v) is 16.6. The van der Waals surface area contributed by atoms with Crippen LogP contribution in [-0.2, 0) is 41.3 Å². The quantitative estimate of drug-likeness (QED) is 0.147. The Hall–Kier alpha value is -3.25. The van der Waals surface area contributed by atoms with Gasteiger partial charge < -0.3 is 13.7 Å². The molecule has 0 aliphatic carbocycles. The summed E-state index contributed by atoms with van der Waals surface area (Å²) in [6.07, 6.45) is 2.13. The van der Waals surface area contributed by atoms with Crippen molar-refractivity contribution in [3.63, 3.8) is 0 Å². The Balaban J connectivity index is 1.50. The molecule has 0 saturated carbocycles. The Kier molecular flexibility index (Phi) is 9.93. The van der Waals surface area contributed by atoms with E-state index in [-0.39, 0.29) is 32.5 Å². The van der Waals surface area contributed by atoms with Crippen molar-refractivity contribution in [2.24, 2.45) is 0 Å². The molecule has 1 N–H and O–H groups in total. The van der Waals surface area contributed by atoms with E-state index in [9.17, 15) is 42.8 Å². The Bertz CT molecular complexity index is 1760. The molecule has 0 bridgehead atoms. The molecule has 0 heterocycles. The first kappa shape index (κ1) is 33.3. The van der Waals surface area contributed by atoms with Gasteiger partial charge in [0.05, 0.1) is 19.5 Å². The van der Waals surface area contributed by atoms with Crippen LogP contribution in [0.2, 0.25) is 0 Å². The zero-order valence-electron chi connectivity index (χ0n) is 21.8. The summed E-state index contributed by atoms with van der Waals surface area (Å²) < 4.78 is 141. The van der Waals surface area contributed by atoms with Crippen molar-refractivity contribution < 1.29 is 56.5 Å². The van der Waals surface area contributed by atoms with Gasteiger partial charge in [0.2, 0.25) is 10.0 Å². The average molecular weight is 656 g/mol. The fraction of sp³-hybridized carbons (Fsp3) is 0.280. The number of alkyl halides is 4. The third kappa shape index (κ3) is 7.77. The summed E-state index contributed by atoms with van der Waals surface area (Å²) in [4.78, 5) is 0. The van der Waals surface area contributed by atoms with Crippen molar-refractivity contribution in [3.05, 3.63) is 78.4 Å². The number of hydrogen-bond acceptors (Lipinski definition) is 9. The van der Waals surface area contributed by atoms with Crippen LogP contribution in [-0.4, -0.2) is 61.8 Å². The molecule has 0 atom stereocenters. The summed E-state index contributed by atoms with van der Waals surface area (Å²) in [6.45, 7) is 4.41. The zero-order valence-corrected chi connectivity index (χ0v) is 24.2. The van der Waals surface area contributed by atoms with Crippen LogP contribution >= 0.6 is 0 Å². The summed E-state index contributed by atoms with van der Waals surface area (Å²) in [5.74, 6) is -0.177. The van der Waals surface area contributed by atoms with Crippen LogP contribution in [0.15, 0.2) is 67.2 Å². The molecule has 0 spiro atoms. The van der Waals surface area contributed by atoms with Gasteiger partial charge in [-0.1, -0.05) is 43.0 Å². The minimum absolute atomic E-state index is 0.0927. The Labute approximate surface area is 240 Å². The maximum atomic E-state index is 14.2. The van der Waals surface area contributed by atoms with Crippen LogP contribution in [0, 0.1) is 0 Å². The van der Waals surface area contributed by atoms with Crippen molar-refractivity contribution >= 4 is 47.0 Å². The van der Waals surface area contributed by atoms with E-state index in [1.165, 1.54) is 12.1 Å². The van der Waals surface area contributed by atoms with Gasteiger partial charge in [-0.3, -0.25) is 0 Å². The van der Waals surface area contributed by atoms with Crippen LogP contribution in [0.25, 0.3) is 16.8 Å². The van der Waals surface area contributed by atoms with Crippen LogP contribution in [0.5, 0.6) is 11.5 Å². The predicted octanol–water partition coefficient (Wildman–Crippen LogP) is 3.89. The van der Waals surface area contributed by atoms with E-state index >= 15 is 0 Å². The van der Waals surface area contributed by atoms with Gasteiger partial charge in [-0.2, -0.15) is 26.0 Å². The summed E-state index contributed by atoms with van der Waals surface area (Å²) in [7, 11) is -18.3. The minimum atomic E-state index is -6.71. The Morgan fingerprint density at radius 2 is 1.38 bits per heavy atom. The number of nitrogens with one attached hydrogen (secondary N) is 1. The molecule has 0 unspecified atom stereocenters. The van der Waals surface area contributed by atoms with Crippen LogP contribution < -0.4 is 13.0 Å². The average Bonchev–Trinajstić information content (AvgIpc) is 2.89. The predicted molar refractivity (Wildman–Crippen MR) is 147 cm³/mol. The zero-order chi connectivity index (χ0) is 31.4. The fourth-order valence-corrected chi connectivity index (χ4v) is 7.14. The SMILES string of the molecule is C=Cc1ccc2cc(OCCOCCc3ccc(OS(=O)(=O)C(F)(F)C(F)(F)S(=O)(=O)NS(C)(=O)=O)cc3)ccc2c1. The highest BCUT2D eigenvalue weighted by Gasteiger charge is 2.75. The highest BCUT2D eigenvalue weighted by molar-refractivity contribution is 8.05. The van der Waals surface area contributed by atoms with Crippen molar-refractivity contribution in [1.82, 2.24) is 4.13 Å². The summed E-state index contributed by atoms with van der Waals surface area (Å²) in [5.41, 5.74) is 1.53. The molecule has 230 valence electrons. The number of sulfonamides is 2. The smallest absolute Gasteiger partial charge is 0.459 e. The molecule has 3 aromatic carbocycles. The van der Waals surface area contributed by atoms with E-state index in [0.29, 0.717) is 15.4 Å².